The Bertz CT molecular complexity index is 679. The predicted octanol–water partition coefficient (Wildman–Crippen LogP) is 3.08. The predicted molar refractivity (Wildman–Crippen MR) is 85.1 cm³/mol. The average molecular weight is 301 g/mol. The molecule has 5 nitrogen and oxygen atoms in total. The fourth-order valence-corrected chi connectivity index (χ4v) is 2.90. The normalized spacial score (nSPS) is 21.8. The maximum Gasteiger partial charge on any atom is 0.244 e. The van der Waals surface area contributed by atoms with Crippen LogP contribution in [0.1, 0.15) is 46.5 Å². The van der Waals surface area contributed by atoms with Crippen molar-refractivity contribution in [3.8, 4) is 0 Å². The zero-order chi connectivity index (χ0) is 16.1. The maximum atomic E-state index is 12.7. The smallest absolute Gasteiger partial charge is 0.244 e. The molecule has 3 rings (SSSR count). The molecule has 1 N–H and O–H groups in total. The van der Waals surface area contributed by atoms with Crippen molar-refractivity contribution in [2.24, 2.45) is 5.41 Å². The molecule has 1 atom stereocenters. The molecule has 22 heavy (non-hydrogen) atoms. The van der Waals surface area contributed by atoms with Gasteiger partial charge in [0, 0.05) is 24.3 Å². The van der Waals surface area contributed by atoms with Crippen LogP contribution in [0.5, 0.6) is 0 Å². The summed E-state index contributed by atoms with van der Waals surface area (Å²) in [5.41, 5.74) is 0.219. The summed E-state index contributed by atoms with van der Waals surface area (Å²) in [4.78, 5) is 18.7. The molecule has 0 aromatic carbocycles. The summed E-state index contributed by atoms with van der Waals surface area (Å²) in [6.07, 6.45) is 3.24. The standard InChI is InChI=1S/C17H23N3O2/c1-16(2,3)10-20-14(19-17(4,5)15(20)21)13-8-11-9-18-7-6-12(11)22-13/h6-9,14,19H,10H2,1-5H3. The van der Waals surface area contributed by atoms with Crippen molar-refractivity contribution >= 4 is 16.9 Å². The summed E-state index contributed by atoms with van der Waals surface area (Å²) in [5, 5.41) is 4.34. The van der Waals surface area contributed by atoms with Gasteiger partial charge in [-0.2, -0.15) is 0 Å². The first-order valence-electron chi connectivity index (χ1n) is 7.60. The molecule has 0 radical (unpaired) electrons. The van der Waals surface area contributed by atoms with Crippen LogP contribution in [0.25, 0.3) is 11.0 Å². The highest BCUT2D eigenvalue weighted by Gasteiger charge is 2.47. The summed E-state index contributed by atoms with van der Waals surface area (Å²) < 4.78 is 5.94. The number of nitrogens with one attached hydrogen (secondary N) is 1. The number of rotatable bonds is 2. The van der Waals surface area contributed by atoms with Crippen LogP contribution < -0.4 is 5.32 Å². The van der Waals surface area contributed by atoms with Gasteiger partial charge in [-0.1, -0.05) is 20.8 Å². The van der Waals surface area contributed by atoms with Gasteiger partial charge in [-0.15, -0.1) is 0 Å². The van der Waals surface area contributed by atoms with E-state index < -0.39 is 5.54 Å². The van der Waals surface area contributed by atoms with Crippen molar-refractivity contribution in [1.29, 1.82) is 0 Å². The van der Waals surface area contributed by atoms with E-state index in [0.717, 1.165) is 16.7 Å². The van der Waals surface area contributed by atoms with Crippen molar-refractivity contribution in [1.82, 2.24) is 15.2 Å². The number of nitrogens with zero attached hydrogens (tertiary/aromatic N) is 2. The van der Waals surface area contributed by atoms with Gasteiger partial charge in [-0.05, 0) is 31.4 Å². The van der Waals surface area contributed by atoms with E-state index in [1.165, 1.54) is 0 Å². The van der Waals surface area contributed by atoms with Gasteiger partial charge in [0.25, 0.3) is 0 Å². The number of carbonyl (C=O) groups excluding carboxylic acids is 1. The van der Waals surface area contributed by atoms with Crippen molar-refractivity contribution in [3.05, 3.63) is 30.3 Å². The monoisotopic (exact) mass is 301 g/mol. The van der Waals surface area contributed by atoms with Gasteiger partial charge in [-0.25, -0.2) is 0 Å². The van der Waals surface area contributed by atoms with Gasteiger partial charge in [0.1, 0.15) is 17.5 Å². The Labute approximate surface area is 130 Å². The van der Waals surface area contributed by atoms with Crippen molar-refractivity contribution < 1.29 is 9.21 Å². The van der Waals surface area contributed by atoms with E-state index in [4.69, 9.17) is 4.42 Å². The first kappa shape index (κ1) is 15.0. The number of aromatic nitrogens is 1. The van der Waals surface area contributed by atoms with Gasteiger partial charge in [0.2, 0.25) is 5.91 Å². The Hall–Kier alpha value is -1.88. The molecular weight excluding hydrogens is 278 g/mol. The number of hydrogen-bond donors (Lipinski definition) is 1. The summed E-state index contributed by atoms with van der Waals surface area (Å²) >= 11 is 0. The number of hydrogen-bond acceptors (Lipinski definition) is 4. The van der Waals surface area contributed by atoms with E-state index in [9.17, 15) is 4.79 Å². The first-order valence-corrected chi connectivity index (χ1v) is 7.60. The summed E-state index contributed by atoms with van der Waals surface area (Å²) in [5.74, 6) is 0.859. The Morgan fingerprint density at radius 2 is 2.14 bits per heavy atom. The fourth-order valence-electron chi connectivity index (χ4n) is 2.90. The quantitative estimate of drug-likeness (QED) is 0.926. The summed E-state index contributed by atoms with van der Waals surface area (Å²) in [7, 11) is 0. The topological polar surface area (TPSA) is 58.4 Å². The van der Waals surface area contributed by atoms with Gasteiger partial charge >= 0.3 is 0 Å². The van der Waals surface area contributed by atoms with Crippen molar-refractivity contribution in [2.45, 2.75) is 46.3 Å². The minimum atomic E-state index is -0.590. The molecule has 1 saturated heterocycles. The fraction of sp³-hybridized carbons (Fsp3) is 0.529. The lowest BCUT2D eigenvalue weighted by Gasteiger charge is -2.30. The summed E-state index contributed by atoms with van der Waals surface area (Å²) in [6.45, 7) is 10.9. The van der Waals surface area contributed by atoms with Gasteiger partial charge in [0.05, 0.1) is 5.54 Å². The van der Waals surface area contributed by atoms with Crippen molar-refractivity contribution in [3.63, 3.8) is 0 Å². The largest absolute Gasteiger partial charge is 0.457 e. The van der Waals surface area contributed by atoms with Gasteiger partial charge in [-0.3, -0.25) is 15.1 Å². The average Bonchev–Trinajstić information content (AvgIpc) is 2.92. The Kier molecular flexibility index (Phi) is 3.29. The summed E-state index contributed by atoms with van der Waals surface area (Å²) in [6, 6.07) is 3.80. The molecule has 0 spiro atoms. The molecule has 1 fully saturated rings. The number of carbonyl (C=O) groups is 1. The highest BCUT2D eigenvalue weighted by Crippen LogP contribution is 2.35. The van der Waals surface area contributed by atoms with E-state index in [1.807, 2.05) is 30.9 Å². The number of amides is 1. The second-order valence-electron chi connectivity index (χ2n) is 7.73. The third-order valence-corrected chi connectivity index (χ3v) is 3.85. The number of furan rings is 1. The lowest BCUT2D eigenvalue weighted by Crippen LogP contribution is -2.41. The number of pyridine rings is 1. The molecule has 3 heterocycles. The van der Waals surface area contributed by atoms with Crippen LogP contribution in [0.15, 0.2) is 28.9 Å². The Morgan fingerprint density at radius 3 is 2.77 bits per heavy atom. The highest BCUT2D eigenvalue weighted by atomic mass is 16.3. The molecule has 0 aliphatic carbocycles. The molecular formula is C17H23N3O2. The van der Waals surface area contributed by atoms with E-state index in [2.05, 4.69) is 31.1 Å². The Balaban J connectivity index is 2.00. The van der Waals surface area contributed by atoms with Crippen LogP contribution in [0.2, 0.25) is 0 Å². The lowest BCUT2D eigenvalue weighted by molar-refractivity contribution is -0.133. The molecule has 2 aromatic heterocycles. The zero-order valence-corrected chi connectivity index (χ0v) is 13.8. The zero-order valence-electron chi connectivity index (χ0n) is 13.8. The second-order valence-corrected chi connectivity index (χ2v) is 7.73. The molecule has 5 heteroatoms. The molecule has 1 aliphatic heterocycles. The van der Waals surface area contributed by atoms with E-state index in [1.54, 1.807) is 12.4 Å². The van der Waals surface area contributed by atoms with Crippen LogP contribution in [-0.2, 0) is 4.79 Å². The van der Waals surface area contributed by atoms with E-state index in [0.29, 0.717) is 6.54 Å². The van der Waals surface area contributed by atoms with E-state index in [-0.39, 0.29) is 17.5 Å². The second kappa shape index (κ2) is 4.81. The molecule has 0 saturated carbocycles. The maximum absolute atomic E-state index is 12.7. The first-order chi connectivity index (χ1) is 10.2. The van der Waals surface area contributed by atoms with Crippen LogP contribution in [-0.4, -0.2) is 27.9 Å². The van der Waals surface area contributed by atoms with Gasteiger partial charge in [0.15, 0.2) is 0 Å². The Morgan fingerprint density at radius 1 is 1.41 bits per heavy atom. The molecule has 1 unspecified atom stereocenters. The molecule has 1 aliphatic rings. The van der Waals surface area contributed by atoms with Crippen LogP contribution >= 0.6 is 0 Å². The minimum Gasteiger partial charge on any atom is -0.457 e. The molecule has 0 bridgehead atoms. The molecule has 1 amide bonds. The SMILES string of the molecule is CC(C)(C)CN1C(=O)C(C)(C)NC1c1cc2cnccc2o1. The molecule has 118 valence electrons. The van der Waals surface area contributed by atoms with Crippen LogP contribution in [0.3, 0.4) is 0 Å². The van der Waals surface area contributed by atoms with Crippen molar-refractivity contribution in [2.75, 3.05) is 6.54 Å². The van der Waals surface area contributed by atoms with E-state index >= 15 is 0 Å². The highest BCUT2D eigenvalue weighted by molar-refractivity contribution is 5.88. The van der Waals surface area contributed by atoms with Crippen LogP contribution in [0.4, 0.5) is 0 Å². The third-order valence-electron chi connectivity index (χ3n) is 3.85. The number of fused-ring (bicyclic) bond motifs is 1. The molecule has 2 aromatic rings. The minimum absolute atomic E-state index is 0.0174. The third kappa shape index (κ3) is 2.61. The van der Waals surface area contributed by atoms with Gasteiger partial charge < -0.3 is 9.32 Å². The van der Waals surface area contributed by atoms with Crippen LogP contribution in [0, 0.1) is 5.41 Å². The lowest BCUT2D eigenvalue weighted by atomic mass is 9.95.